The molecule has 1 aliphatic rings. The molecule has 0 aromatic heterocycles. The molecule has 3 amide bonds. The van der Waals surface area contributed by atoms with Gasteiger partial charge in [-0.3, -0.25) is 4.79 Å². The Hall–Kier alpha value is -2.60. The molecule has 130 valence electrons. The predicted octanol–water partition coefficient (Wildman–Crippen LogP) is 3.40. The van der Waals surface area contributed by atoms with Crippen molar-refractivity contribution in [1.82, 2.24) is 10.2 Å². The van der Waals surface area contributed by atoms with Crippen LogP contribution >= 0.6 is 11.6 Å². The van der Waals surface area contributed by atoms with E-state index in [-0.39, 0.29) is 30.2 Å². The topological polar surface area (TPSA) is 61.4 Å². The Bertz CT molecular complexity index is 765. The van der Waals surface area contributed by atoms with Crippen molar-refractivity contribution in [3.63, 3.8) is 0 Å². The zero-order chi connectivity index (χ0) is 17.8. The number of likely N-dealkylation sites (tertiary alicyclic amines) is 1. The highest BCUT2D eigenvalue weighted by molar-refractivity contribution is 6.30. The summed E-state index contributed by atoms with van der Waals surface area (Å²) in [5.41, 5.74) is 1.47. The smallest absolute Gasteiger partial charge is 0.319 e. The van der Waals surface area contributed by atoms with E-state index in [0.29, 0.717) is 23.8 Å². The van der Waals surface area contributed by atoms with Crippen LogP contribution in [-0.4, -0.2) is 29.4 Å². The molecular formula is C18H17ClFN3O2. The van der Waals surface area contributed by atoms with Crippen LogP contribution in [0, 0.1) is 5.82 Å². The van der Waals surface area contributed by atoms with Crippen molar-refractivity contribution in [2.75, 3.05) is 11.9 Å². The Morgan fingerprint density at radius 3 is 2.52 bits per heavy atom. The molecule has 1 aliphatic heterocycles. The number of hydrogen-bond acceptors (Lipinski definition) is 2. The number of benzene rings is 2. The fourth-order valence-corrected chi connectivity index (χ4v) is 2.84. The molecule has 2 aromatic carbocycles. The lowest BCUT2D eigenvalue weighted by Gasteiger charge is -2.17. The quantitative estimate of drug-likeness (QED) is 0.876. The summed E-state index contributed by atoms with van der Waals surface area (Å²) in [5.74, 6) is -0.351. The van der Waals surface area contributed by atoms with E-state index in [4.69, 9.17) is 11.6 Å². The number of urea groups is 1. The molecule has 2 aromatic rings. The molecule has 1 saturated heterocycles. The fourth-order valence-electron chi connectivity index (χ4n) is 2.72. The second-order valence-electron chi connectivity index (χ2n) is 5.91. The fraction of sp³-hybridized carbons (Fsp3) is 0.222. The van der Waals surface area contributed by atoms with E-state index in [9.17, 15) is 14.0 Å². The van der Waals surface area contributed by atoms with Gasteiger partial charge in [0.25, 0.3) is 0 Å². The molecule has 1 unspecified atom stereocenters. The Morgan fingerprint density at radius 2 is 1.84 bits per heavy atom. The van der Waals surface area contributed by atoms with Gasteiger partial charge in [0.1, 0.15) is 5.82 Å². The van der Waals surface area contributed by atoms with Crippen LogP contribution in [0.1, 0.15) is 12.0 Å². The van der Waals surface area contributed by atoms with Gasteiger partial charge in [0, 0.05) is 30.2 Å². The molecule has 5 nitrogen and oxygen atoms in total. The van der Waals surface area contributed by atoms with Crippen LogP contribution in [0.3, 0.4) is 0 Å². The molecule has 3 rings (SSSR count). The van der Waals surface area contributed by atoms with Crippen molar-refractivity contribution in [2.45, 2.75) is 19.0 Å². The highest BCUT2D eigenvalue weighted by atomic mass is 35.5. The zero-order valence-corrected chi connectivity index (χ0v) is 14.1. The molecule has 1 heterocycles. The molecule has 2 N–H and O–H groups in total. The summed E-state index contributed by atoms with van der Waals surface area (Å²) in [5, 5.41) is 6.08. The van der Waals surface area contributed by atoms with Gasteiger partial charge < -0.3 is 15.5 Å². The lowest BCUT2D eigenvalue weighted by molar-refractivity contribution is -0.128. The molecule has 25 heavy (non-hydrogen) atoms. The lowest BCUT2D eigenvalue weighted by Crippen LogP contribution is -2.39. The Labute approximate surface area is 149 Å². The van der Waals surface area contributed by atoms with Crippen LogP contribution in [0.15, 0.2) is 48.5 Å². The minimum Gasteiger partial charge on any atom is -0.336 e. The van der Waals surface area contributed by atoms with Crippen molar-refractivity contribution in [1.29, 1.82) is 0 Å². The number of halogens is 2. The van der Waals surface area contributed by atoms with Crippen molar-refractivity contribution in [3.05, 3.63) is 64.9 Å². The summed E-state index contributed by atoms with van der Waals surface area (Å²) < 4.78 is 12.9. The van der Waals surface area contributed by atoms with Gasteiger partial charge in [-0.2, -0.15) is 0 Å². The molecule has 0 radical (unpaired) electrons. The number of anilines is 1. The van der Waals surface area contributed by atoms with Crippen LogP contribution in [-0.2, 0) is 11.3 Å². The van der Waals surface area contributed by atoms with Gasteiger partial charge in [0.15, 0.2) is 0 Å². The molecule has 0 bridgehead atoms. The van der Waals surface area contributed by atoms with Gasteiger partial charge >= 0.3 is 6.03 Å². The number of carbonyl (C=O) groups excluding carboxylic acids is 2. The number of nitrogens with zero attached hydrogens (tertiary/aromatic N) is 1. The maximum Gasteiger partial charge on any atom is 0.319 e. The van der Waals surface area contributed by atoms with Crippen LogP contribution in [0.25, 0.3) is 0 Å². The van der Waals surface area contributed by atoms with Crippen molar-refractivity contribution < 1.29 is 14.0 Å². The predicted molar refractivity (Wildman–Crippen MR) is 93.8 cm³/mol. The van der Waals surface area contributed by atoms with Gasteiger partial charge in [-0.05, 0) is 42.0 Å². The van der Waals surface area contributed by atoms with Crippen molar-refractivity contribution >= 4 is 29.2 Å². The van der Waals surface area contributed by atoms with Gasteiger partial charge in [0.2, 0.25) is 5.91 Å². The molecule has 1 atom stereocenters. The van der Waals surface area contributed by atoms with Crippen molar-refractivity contribution in [2.24, 2.45) is 0 Å². The van der Waals surface area contributed by atoms with Gasteiger partial charge in [-0.15, -0.1) is 0 Å². The second kappa shape index (κ2) is 7.53. The Kier molecular flexibility index (Phi) is 5.19. The van der Waals surface area contributed by atoms with Gasteiger partial charge in [-0.1, -0.05) is 23.7 Å². The van der Waals surface area contributed by atoms with E-state index >= 15 is 0 Å². The summed E-state index contributed by atoms with van der Waals surface area (Å²) in [6.45, 7) is 0.820. The minimum atomic E-state index is -0.372. The van der Waals surface area contributed by atoms with E-state index < -0.39 is 0 Å². The highest BCUT2D eigenvalue weighted by Crippen LogP contribution is 2.16. The molecular weight excluding hydrogens is 345 g/mol. The third-order valence-electron chi connectivity index (χ3n) is 3.94. The number of nitrogens with one attached hydrogen (secondary N) is 2. The first-order valence-corrected chi connectivity index (χ1v) is 8.23. The van der Waals surface area contributed by atoms with Crippen LogP contribution in [0.4, 0.5) is 14.9 Å². The number of amides is 3. The number of rotatable bonds is 4. The second-order valence-corrected chi connectivity index (χ2v) is 6.34. The third kappa shape index (κ3) is 4.70. The average Bonchev–Trinajstić information content (AvgIpc) is 2.91. The molecule has 0 aliphatic carbocycles. The Morgan fingerprint density at radius 1 is 1.16 bits per heavy atom. The van der Waals surface area contributed by atoms with E-state index in [1.54, 1.807) is 41.3 Å². The summed E-state index contributed by atoms with van der Waals surface area (Å²) in [6.07, 6.45) is 0.245. The van der Waals surface area contributed by atoms with Crippen molar-refractivity contribution in [3.8, 4) is 0 Å². The standard InChI is InChI=1S/C18H17ClFN3O2/c19-13-3-7-15(8-4-13)21-18(25)22-16-9-17(24)23(11-16)10-12-1-5-14(20)6-2-12/h1-8,16H,9-11H2,(H2,21,22,25). The van der Waals surface area contributed by atoms with E-state index in [1.807, 2.05) is 0 Å². The maximum atomic E-state index is 12.9. The third-order valence-corrected chi connectivity index (χ3v) is 4.19. The number of carbonyl (C=O) groups is 2. The molecule has 0 spiro atoms. The average molecular weight is 362 g/mol. The summed E-state index contributed by atoms with van der Waals surface area (Å²) in [4.78, 5) is 25.8. The summed E-state index contributed by atoms with van der Waals surface area (Å²) in [7, 11) is 0. The highest BCUT2D eigenvalue weighted by Gasteiger charge is 2.30. The largest absolute Gasteiger partial charge is 0.336 e. The monoisotopic (exact) mass is 361 g/mol. The zero-order valence-electron chi connectivity index (χ0n) is 13.3. The van der Waals surface area contributed by atoms with Crippen LogP contribution in [0.5, 0.6) is 0 Å². The van der Waals surface area contributed by atoms with Crippen LogP contribution in [0.2, 0.25) is 5.02 Å². The molecule has 7 heteroatoms. The first-order valence-electron chi connectivity index (χ1n) is 7.85. The van der Waals surface area contributed by atoms with E-state index in [1.165, 1.54) is 12.1 Å². The lowest BCUT2D eigenvalue weighted by atomic mass is 10.2. The van der Waals surface area contributed by atoms with E-state index in [0.717, 1.165) is 5.56 Å². The SMILES string of the molecule is O=C(Nc1ccc(Cl)cc1)NC1CC(=O)N(Cc2ccc(F)cc2)C1. The first kappa shape index (κ1) is 17.2. The van der Waals surface area contributed by atoms with Gasteiger partial charge in [-0.25, -0.2) is 9.18 Å². The van der Waals surface area contributed by atoms with E-state index in [2.05, 4.69) is 10.6 Å². The molecule has 0 saturated carbocycles. The molecule has 1 fully saturated rings. The minimum absolute atomic E-state index is 0.0406. The first-order chi connectivity index (χ1) is 12.0. The normalized spacial score (nSPS) is 16.8. The van der Waals surface area contributed by atoms with Gasteiger partial charge in [0.05, 0.1) is 6.04 Å². The Balaban J connectivity index is 1.52. The summed E-state index contributed by atoms with van der Waals surface area (Å²) in [6, 6.07) is 12.2. The summed E-state index contributed by atoms with van der Waals surface area (Å²) >= 11 is 5.80. The van der Waals surface area contributed by atoms with Crippen LogP contribution < -0.4 is 10.6 Å². The number of hydrogen-bond donors (Lipinski definition) is 2. The maximum absolute atomic E-state index is 12.9.